The molecule has 0 aliphatic rings. The molecule has 0 amide bonds. The smallest absolute Gasteiger partial charge is 0.129 e. The van der Waals surface area contributed by atoms with E-state index < -0.39 is 0 Å². The summed E-state index contributed by atoms with van der Waals surface area (Å²) in [6.07, 6.45) is 1.77. The van der Waals surface area contributed by atoms with E-state index in [2.05, 4.69) is 64.3 Å². The number of benzene rings is 1. The van der Waals surface area contributed by atoms with Gasteiger partial charge in [-0.3, -0.25) is 0 Å². The zero-order valence-electron chi connectivity index (χ0n) is 9.94. The van der Waals surface area contributed by atoms with Crippen LogP contribution < -0.4 is 5.32 Å². The number of anilines is 1. The van der Waals surface area contributed by atoms with Crippen LogP contribution in [0.25, 0.3) is 0 Å². The van der Waals surface area contributed by atoms with Crippen LogP contribution in [0.5, 0.6) is 0 Å². The van der Waals surface area contributed by atoms with E-state index in [-0.39, 0.29) is 6.04 Å². The van der Waals surface area contributed by atoms with Gasteiger partial charge in [-0.25, -0.2) is 4.98 Å². The van der Waals surface area contributed by atoms with Gasteiger partial charge in [0.25, 0.3) is 0 Å². The molecule has 0 saturated heterocycles. The second kappa shape index (κ2) is 5.32. The van der Waals surface area contributed by atoms with Crippen molar-refractivity contribution < 1.29 is 0 Å². The number of hydrogen-bond donors (Lipinski definition) is 1. The Morgan fingerprint density at radius 1 is 1.24 bits per heavy atom. The first-order valence-electron chi connectivity index (χ1n) is 5.60. The van der Waals surface area contributed by atoms with Crippen molar-refractivity contribution in [2.24, 2.45) is 0 Å². The molecule has 0 spiro atoms. The Bertz CT molecular complexity index is 511. The summed E-state index contributed by atoms with van der Waals surface area (Å²) in [7, 11) is 0. The van der Waals surface area contributed by atoms with E-state index in [1.54, 1.807) is 6.20 Å². The Labute approximate surface area is 110 Å². The lowest BCUT2D eigenvalue weighted by atomic mass is 10.1. The molecule has 0 bridgehead atoms. The van der Waals surface area contributed by atoms with Crippen LogP contribution >= 0.6 is 15.9 Å². The molecular weight excluding hydrogens is 276 g/mol. The average Bonchev–Trinajstić information content (AvgIpc) is 2.32. The molecule has 1 aromatic carbocycles. The maximum Gasteiger partial charge on any atom is 0.129 e. The highest BCUT2D eigenvalue weighted by atomic mass is 79.9. The minimum atomic E-state index is 0.260. The predicted octanol–water partition coefficient (Wildman–Crippen LogP) is 4.33. The molecule has 0 aliphatic carbocycles. The maximum atomic E-state index is 4.20. The lowest BCUT2D eigenvalue weighted by Crippen LogP contribution is -2.07. The molecule has 3 heteroatoms. The quantitative estimate of drug-likeness (QED) is 0.852. The molecule has 1 N–H and O–H groups in total. The lowest BCUT2D eigenvalue weighted by molar-refractivity contribution is 0.879. The molecular formula is C14H15BrN2. The molecule has 1 aromatic heterocycles. The summed E-state index contributed by atoms with van der Waals surface area (Å²) in [5, 5.41) is 3.44. The fourth-order valence-corrected chi connectivity index (χ4v) is 2.11. The van der Waals surface area contributed by atoms with Gasteiger partial charge in [-0.15, -0.1) is 0 Å². The van der Waals surface area contributed by atoms with Crippen LogP contribution in [-0.2, 0) is 0 Å². The largest absolute Gasteiger partial charge is 0.376 e. The Morgan fingerprint density at radius 3 is 2.76 bits per heavy atom. The van der Waals surface area contributed by atoms with Crippen LogP contribution in [0.4, 0.5) is 5.69 Å². The molecule has 2 nitrogen and oxygen atoms in total. The summed E-state index contributed by atoms with van der Waals surface area (Å²) in [6.45, 7) is 4.25. The highest BCUT2D eigenvalue weighted by Gasteiger charge is 2.07. The van der Waals surface area contributed by atoms with Crippen molar-refractivity contribution in [2.75, 3.05) is 5.32 Å². The fourth-order valence-electron chi connectivity index (χ4n) is 1.75. The van der Waals surface area contributed by atoms with Crippen LogP contribution in [0.15, 0.2) is 47.2 Å². The summed E-state index contributed by atoms with van der Waals surface area (Å²) in [5.41, 5.74) is 3.57. The van der Waals surface area contributed by atoms with Gasteiger partial charge in [0.05, 0.1) is 5.69 Å². The van der Waals surface area contributed by atoms with Crippen molar-refractivity contribution >= 4 is 21.6 Å². The highest BCUT2D eigenvalue weighted by molar-refractivity contribution is 9.10. The molecule has 2 rings (SSSR count). The van der Waals surface area contributed by atoms with Gasteiger partial charge in [-0.2, -0.15) is 0 Å². The van der Waals surface area contributed by atoms with Gasteiger partial charge in [0.15, 0.2) is 0 Å². The van der Waals surface area contributed by atoms with E-state index in [0.29, 0.717) is 0 Å². The number of halogens is 1. The monoisotopic (exact) mass is 290 g/mol. The Hall–Kier alpha value is -1.35. The van der Waals surface area contributed by atoms with Crippen molar-refractivity contribution in [3.63, 3.8) is 0 Å². The average molecular weight is 291 g/mol. The van der Waals surface area contributed by atoms with Crippen molar-refractivity contribution in [2.45, 2.75) is 19.9 Å². The van der Waals surface area contributed by atoms with Crippen molar-refractivity contribution in [1.29, 1.82) is 0 Å². The SMILES string of the molecule is Cc1cccc(C(C)Nc2cccnc2Br)c1. The third-order valence-corrected chi connectivity index (χ3v) is 3.31. The summed E-state index contributed by atoms with van der Waals surface area (Å²) in [6, 6.07) is 12.7. The van der Waals surface area contributed by atoms with E-state index in [1.807, 2.05) is 12.1 Å². The van der Waals surface area contributed by atoms with Crippen LogP contribution in [0.1, 0.15) is 24.1 Å². The van der Waals surface area contributed by atoms with Crippen LogP contribution in [-0.4, -0.2) is 4.98 Å². The molecule has 0 aliphatic heterocycles. The van der Waals surface area contributed by atoms with Gasteiger partial charge in [0, 0.05) is 12.2 Å². The number of pyridine rings is 1. The molecule has 1 atom stereocenters. The second-order valence-corrected chi connectivity index (χ2v) is 4.87. The van der Waals surface area contributed by atoms with Crippen molar-refractivity contribution in [3.05, 3.63) is 58.3 Å². The molecule has 0 radical (unpaired) electrons. The van der Waals surface area contributed by atoms with E-state index in [9.17, 15) is 0 Å². The van der Waals surface area contributed by atoms with Gasteiger partial charge < -0.3 is 5.32 Å². The number of nitrogens with one attached hydrogen (secondary N) is 1. The van der Waals surface area contributed by atoms with E-state index in [1.165, 1.54) is 11.1 Å². The predicted molar refractivity (Wildman–Crippen MR) is 75.2 cm³/mol. The van der Waals surface area contributed by atoms with E-state index >= 15 is 0 Å². The molecule has 2 aromatic rings. The normalized spacial score (nSPS) is 12.2. The third-order valence-electron chi connectivity index (χ3n) is 2.67. The first kappa shape index (κ1) is 12.1. The third kappa shape index (κ3) is 3.07. The molecule has 0 fully saturated rings. The Kier molecular flexibility index (Phi) is 3.79. The first-order valence-corrected chi connectivity index (χ1v) is 6.40. The summed E-state index contributed by atoms with van der Waals surface area (Å²) < 4.78 is 0.847. The minimum absolute atomic E-state index is 0.260. The highest BCUT2D eigenvalue weighted by Crippen LogP contribution is 2.24. The van der Waals surface area contributed by atoms with Gasteiger partial charge >= 0.3 is 0 Å². The van der Waals surface area contributed by atoms with Gasteiger partial charge in [0.1, 0.15) is 4.60 Å². The van der Waals surface area contributed by atoms with Crippen molar-refractivity contribution in [3.8, 4) is 0 Å². The van der Waals surface area contributed by atoms with Crippen molar-refractivity contribution in [1.82, 2.24) is 4.98 Å². The Balaban J connectivity index is 2.17. The summed E-state index contributed by atoms with van der Waals surface area (Å²) in [4.78, 5) is 4.20. The van der Waals surface area contributed by atoms with E-state index in [4.69, 9.17) is 0 Å². The van der Waals surface area contributed by atoms with Crippen LogP contribution in [0.3, 0.4) is 0 Å². The topological polar surface area (TPSA) is 24.9 Å². The zero-order chi connectivity index (χ0) is 12.3. The summed E-state index contributed by atoms with van der Waals surface area (Å²) >= 11 is 3.44. The van der Waals surface area contributed by atoms with Crippen LogP contribution in [0, 0.1) is 6.92 Å². The summed E-state index contributed by atoms with van der Waals surface area (Å²) in [5.74, 6) is 0. The lowest BCUT2D eigenvalue weighted by Gasteiger charge is -2.16. The minimum Gasteiger partial charge on any atom is -0.376 e. The van der Waals surface area contributed by atoms with E-state index in [0.717, 1.165) is 10.3 Å². The molecule has 0 saturated carbocycles. The molecule has 1 unspecified atom stereocenters. The number of rotatable bonds is 3. The first-order chi connectivity index (χ1) is 8.16. The van der Waals surface area contributed by atoms with Gasteiger partial charge in [-0.05, 0) is 47.5 Å². The maximum absolute atomic E-state index is 4.20. The Morgan fingerprint density at radius 2 is 2.06 bits per heavy atom. The number of hydrogen-bond acceptors (Lipinski definition) is 2. The zero-order valence-corrected chi connectivity index (χ0v) is 11.5. The number of nitrogens with zero attached hydrogens (tertiary/aromatic N) is 1. The fraction of sp³-hybridized carbons (Fsp3) is 0.214. The van der Waals surface area contributed by atoms with Crippen LogP contribution in [0.2, 0.25) is 0 Å². The molecule has 17 heavy (non-hydrogen) atoms. The molecule has 1 heterocycles. The molecule has 88 valence electrons. The number of aryl methyl sites for hydroxylation is 1. The van der Waals surface area contributed by atoms with Gasteiger partial charge in [0.2, 0.25) is 0 Å². The standard InChI is InChI=1S/C14H15BrN2/c1-10-5-3-6-12(9-10)11(2)17-13-7-4-8-16-14(13)15/h3-9,11,17H,1-2H3. The second-order valence-electron chi connectivity index (χ2n) is 4.12. The number of aromatic nitrogens is 1. The van der Waals surface area contributed by atoms with Gasteiger partial charge in [-0.1, -0.05) is 29.8 Å².